The van der Waals surface area contributed by atoms with Crippen molar-refractivity contribution in [2.45, 2.75) is 112 Å². The number of nitrogens with two attached hydrogens (primary N) is 1. The van der Waals surface area contributed by atoms with Crippen LogP contribution < -0.4 is 11.1 Å². The summed E-state index contributed by atoms with van der Waals surface area (Å²) in [5, 5.41) is 3.23. The lowest BCUT2D eigenvalue weighted by Gasteiger charge is -2.54. The Morgan fingerprint density at radius 1 is 0.979 bits per heavy atom. The Bertz CT molecular complexity index is 1320. The highest BCUT2D eigenvalue weighted by Gasteiger charge is 2.49. The topological polar surface area (TPSA) is 44.5 Å². The molecular formula is C43H70N4S. The van der Waals surface area contributed by atoms with E-state index in [4.69, 9.17) is 24.9 Å². The minimum atomic E-state index is -0.335. The molecule has 3 aliphatic rings. The van der Waals surface area contributed by atoms with Gasteiger partial charge in [-0.2, -0.15) is 12.6 Å². The zero-order valence-corrected chi connectivity index (χ0v) is 33.4. The van der Waals surface area contributed by atoms with Crippen LogP contribution in [0.3, 0.4) is 0 Å². The molecule has 0 amide bonds. The third kappa shape index (κ3) is 8.38. The van der Waals surface area contributed by atoms with Crippen molar-refractivity contribution >= 4 is 23.9 Å². The van der Waals surface area contributed by atoms with Crippen LogP contribution in [0.5, 0.6) is 0 Å². The molecular weight excluding hydrogens is 605 g/mol. The standard InChI is InChI=1S/C39H58N4S.2C2H6/c1-10-14-32(13-4)39(22-25-42(26-23-39)28(5)36(40)30(11-2)12-3)29(6)43-24-20-35-37(7,27-43)21-19-34(38(35,8)44)31-15-17-33(41-9)18-16-31;2*1-2/h10,13-20,30,36,41,44H,5-6,11-12,21-27,40H2,1-4,7-9H3;2*1-2H3/b14-10-,32-13+;;. The second-order valence-electron chi connectivity index (χ2n) is 13.6. The van der Waals surface area contributed by atoms with Crippen molar-refractivity contribution in [3.8, 4) is 0 Å². The molecule has 268 valence electrons. The number of hydrogen-bond donors (Lipinski definition) is 3. The maximum Gasteiger partial charge on any atom is 0.0568 e. The number of benzene rings is 1. The molecule has 0 radical (unpaired) electrons. The van der Waals surface area contributed by atoms with Gasteiger partial charge in [0.1, 0.15) is 0 Å². The van der Waals surface area contributed by atoms with Crippen molar-refractivity contribution in [3.05, 3.63) is 95.9 Å². The van der Waals surface area contributed by atoms with Gasteiger partial charge >= 0.3 is 0 Å². The van der Waals surface area contributed by atoms with Crippen molar-refractivity contribution in [2.24, 2.45) is 22.5 Å². The second-order valence-corrected chi connectivity index (χ2v) is 14.5. The molecule has 1 saturated heterocycles. The van der Waals surface area contributed by atoms with Gasteiger partial charge in [-0.3, -0.25) is 0 Å². The second kappa shape index (κ2) is 18.4. The van der Waals surface area contributed by atoms with Crippen LogP contribution in [-0.4, -0.2) is 53.8 Å². The van der Waals surface area contributed by atoms with Gasteiger partial charge in [0.2, 0.25) is 0 Å². The van der Waals surface area contributed by atoms with Gasteiger partial charge < -0.3 is 20.9 Å². The summed E-state index contributed by atoms with van der Waals surface area (Å²) in [5.74, 6) is 0.476. The molecule has 3 unspecified atom stereocenters. The van der Waals surface area contributed by atoms with Crippen LogP contribution in [-0.2, 0) is 0 Å². The quantitative estimate of drug-likeness (QED) is 0.124. The fourth-order valence-corrected chi connectivity index (χ4v) is 8.87. The van der Waals surface area contributed by atoms with E-state index in [1.54, 1.807) is 0 Å². The molecule has 0 aromatic heterocycles. The highest BCUT2D eigenvalue weighted by molar-refractivity contribution is 7.82. The molecule has 1 aromatic carbocycles. The number of piperidine rings is 1. The molecule has 1 aliphatic carbocycles. The lowest BCUT2D eigenvalue weighted by Crippen LogP contribution is -2.52. The van der Waals surface area contributed by atoms with Crippen LogP contribution in [0.2, 0.25) is 0 Å². The van der Waals surface area contributed by atoms with E-state index in [-0.39, 0.29) is 21.6 Å². The Morgan fingerprint density at radius 3 is 2.06 bits per heavy atom. The Labute approximate surface area is 301 Å². The maximum atomic E-state index is 6.74. The van der Waals surface area contributed by atoms with Crippen molar-refractivity contribution in [3.63, 3.8) is 0 Å². The molecule has 0 saturated carbocycles. The smallest absolute Gasteiger partial charge is 0.0568 e. The van der Waals surface area contributed by atoms with Gasteiger partial charge in [-0.1, -0.05) is 117 Å². The number of fused-ring (bicyclic) bond motifs is 1. The molecule has 1 aromatic rings. The number of nitrogens with one attached hydrogen (secondary N) is 1. The average Bonchev–Trinajstić information content (AvgIpc) is 3.11. The summed E-state index contributed by atoms with van der Waals surface area (Å²) in [6, 6.07) is 8.75. The van der Waals surface area contributed by atoms with E-state index < -0.39 is 0 Å². The van der Waals surface area contributed by atoms with Crippen LogP contribution in [0.15, 0.2) is 90.3 Å². The molecule has 3 atom stereocenters. The normalized spacial score (nSPS) is 24.3. The predicted molar refractivity (Wildman–Crippen MR) is 219 cm³/mol. The van der Waals surface area contributed by atoms with E-state index in [2.05, 4.69) is 118 Å². The Morgan fingerprint density at radius 2 is 1.56 bits per heavy atom. The SMILES string of the molecule is C=C(C(N)C(CC)CC)N1CCC(C(=C)N2CC=C3C(C)(CC=C(c4ccc(NC)cc4)C3(C)S)C2)(C(/C=C\C)=C/C)CC1.CC.CC. The van der Waals surface area contributed by atoms with E-state index in [1.165, 1.54) is 28.0 Å². The molecule has 0 spiro atoms. The highest BCUT2D eigenvalue weighted by Crippen LogP contribution is 2.55. The first-order valence-electron chi connectivity index (χ1n) is 18.8. The summed E-state index contributed by atoms with van der Waals surface area (Å²) in [4.78, 5) is 5.03. The Kier molecular flexibility index (Phi) is 15.9. The van der Waals surface area contributed by atoms with E-state index >= 15 is 0 Å². The molecule has 2 heterocycles. The van der Waals surface area contributed by atoms with E-state index in [0.717, 1.165) is 69.7 Å². The van der Waals surface area contributed by atoms with Gasteiger partial charge in [0.05, 0.1) is 4.75 Å². The Hall–Kier alpha value is -2.63. The molecule has 0 bridgehead atoms. The maximum absolute atomic E-state index is 6.74. The number of allylic oxidation sites excluding steroid dienone is 5. The number of hydrogen-bond acceptors (Lipinski definition) is 5. The predicted octanol–water partition coefficient (Wildman–Crippen LogP) is 10.9. The zero-order valence-electron chi connectivity index (χ0n) is 32.5. The van der Waals surface area contributed by atoms with Crippen LogP contribution in [0.25, 0.3) is 5.57 Å². The number of likely N-dealkylation sites (tertiary alicyclic amines) is 1. The summed E-state index contributed by atoms with van der Waals surface area (Å²) in [6.45, 7) is 34.5. The van der Waals surface area contributed by atoms with Gasteiger partial charge in [0.25, 0.3) is 0 Å². The van der Waals surface area contributed by atoms with Crippen LogP contribution in [0, 0.1) is 16.7 Å². The molecule has 5 heteroatoms. The van der Waals surface area contributed by atoms with Gasteiger partial charge in [-0.05, 0) is 80.4 Å². The lowest BCUT2D eigenvalue weighted by molar-refractivity contribution is 0.127. The van der Waals surface area contributed by atoms with Crippen LogP contribution in [0.1, 0.15) is 107 Å². The van der Waals surface area contributed by atoms with Gasteiger partial charge in [0.15, 0.2) is 0 Å². The minimum absolute atomic E-state index is 0.0128. The van der Waals surface area contributed by atoms with Crippen molar-refractivity contribution in [1.29, 1.82) is 0 Å². The van der Waals surface area contributed by atoms with Crippen molar-refractivity contribution in [2.75, 3.05) is 38.5 Å². The monoisotopic (exact) mass is 675 g/mol. The van der Waals surface area contributed by atoms with Crippen LogP contribution in [0.4, 0.5) is 5.69 Å². The first-order valence-corrected chi connectivity index (χ1v) is 19.2. The number of rotatable bonds is 11. The number of nitrogens with zero attached hydrogens (tertiary/aromatic N) is 2. The molecule has 48 heavy (non-hydrogen) atoms. The number of thiol groups is 1. The van der Waals surface area contributed by atoms with Gasteiger partial charge in [-0.15, -0.1) is 0 Å². The third-order valence-corrected chi connectivity index (χ3v) is 11.6. The molecule has 1 fully saturated rings. The first kappa shape index (κ1) is 41.5. The average molecular weight is 675 g/mol. The third-order valence-electron chi connectivity index (χ3n) is 11.1. The molecule has 4 rings (SSSR count). The van der Waals surface area contributed by atoms with E-state index in [1.807, 2.05) is 34.7 Å². The van der Waals surface area contributed by atoms with E-state index in [9.17, 15) is 0 Å². The molecule has 2 aliphatic heterocycles. The zero-order chi connectivity index (χ0) is 36.3. The van der Waals surface area contributed by atoms with Gasteiger partial charge in [-0.25, -0.2) is 0 Å². The fourth-order valence-electron chi connectivity index (χ4n) is 8.29. The summed E-state index contributed by atoms with van der Waals surface area (Å²) in [7, 11) is 1.96. The van der Waals surface area contributed by atoms with Crippen LogP contribution >= 0.6 is 12.6 Å². The highest BCUT2D eigenvalue weighted by atomic mass is 32.1. The number of anilines is 1. The van der Waals surface area contributed by atoms with Crippen molar-refractivity contribution in [1.82, 2.24) is 9.80 Å². The van der Waals surface area contributed by atoms with E-state index in [0.29, 0.717) is 5.92 Å². The largest absolute Gasteiger partial charge is 0.388 e. The Balaban J connectivity index is 0.00000193. The summed E-state index contributed by atoms with van der Waals surface area (Å²) in [5.41, 5.74) is 15.4. The molecule has 4 nitrogen and oxygen atoms in total. The lowest BCUT2D eigenvalue weighted by atomic mass is 9.63. The fraction of sp³-hybridized carbons (Fsp3) is 0.581. The van der Waals surface area contributed by atoms with Crippen molar-refractivity contribution < 1.29 is 0 Å². The summed E-state index contributed by atoms with van der Waals surface area (Å²) in [6.07, 6.45) is 16.9. The summed E-state index contributed by atoms with van der Waals surface area (Å²) >= 11 is 5.36. The summed E-state index contributed by atoms with van der Waals surface area (Å²) < 4.78 is -0.335. The molecule has 3 N–H and O–H groups in total. The minimum Gasteiger partial charge on any atom is -0.388 e. The van der Waals surface area contributed by atoms with Gasteiger partial charge in [0, 0.05) is 67.2 Å². The first-order chi connectivity index (χ1) is 22.9.